The standard InChI is InChI=1S/C18H30N2O3/c1-7-22-16-10-9-15(11-17(16)23-8-2)13(5)20-14(6)18(21)19-12(3)4/h9-14,20H,7-8H2,1-6H3,(H,19,21)/t13-,14-/m1/s1. The zero-order valence-electron chi connectivity index (χ0n) is 15.1. The predicted molar refractivity (Wildman–Crippen MR) is 93.1 cm³/mol. The van der Waals surface area contributed by atoms with Crippen molar-refractivity contribution in [1.82, 2.24) is 10.6 Å². The Kier molecular flexibility index (Phi) is 7.89. The van der Waals surface area contributed by atoms with Crippen molar-refractivity contribution in [3.63, 3.8) is 0 Å². The van der Waals surface area contributed by atoms with Gasteiger partial charge >= 0.3 is 0 Å². The van der Waals surface area contributed by atoms with Crippen molar-refractivity contribution >= 4 is 5.91 Å². The van der Waals surface area contributed by atoms with Gasteiger partial charge < -0.3 is 14.8 Å². The summed E-state index contributed by atoms with van der Waals surface area (Å²) in [4.78, 5) is 12.0. The monoisotopic (exact) mass is 322 g/mol. The Morgan fingerprint density at radius 1 is 1.04 bits per heavy atom. The molecule has 0 fully saturated rings. The number of ether oxygens (including phenoxy) is 2. The number of hydrogen-bond donors (Lipinski definition) is 2. The van der Waals surface area contributed by atoms with E-state index in [0.717, 1.165) is 17.1 Å². The van der Waals surface area contributed by atoms with Gasteiger partial charge in [-0.25, -0.2) is 0 Å². The first kappa shape index (κ1) is 19.3. The van der Waals surface area contributed by atoms with Crippen molar-refractivity contribution in [2.75, 3.05) is 13.2 Å². The van der Waals surface area contributed by atoms with Gasteiger partial charge in [-0.15, -0.1) is 0 Å². The fourth-order valence-corrected chi connectivity index (χ4v) is 2.29. The van der Waals surface area contributed by atoms with Gasteiger partial charge in [-0.1, -0.05) is 6.07 Å². The summed E-state index contributed by atoms with van der Waals surface area (Å²) in [6, 6.07) is 5.78. The third kappa shape index (κ3) is 6.10. The smallest absolute Gasteiger partial charge is 0.237 e. The molecule has 130 valence electrons. The van der Waals surface area contributed by atoms with Crippen LogP contribution in [-0.2, 0) is 4.79 Å². The zero-order valence-corrected chi connectivity index (χ0v) is 15.1. The third-order valence-electron chi connectivity index (χ3n) is 3.39. The Labute approximate surface area is 139 Å². The van der Waals surface area contributed by atoms with Crippen molar-refractivity contribution in [2.24, 2.45) is 0 Å². The summed E-state index contributed by atoms with van der Waals surface area (Å²) in [5, 5.41) is 6.22. The molecule has 2 atom stereocenters. The molecule has 0 heterocycles. The van der Waals surface area contributed by atoms with Crippen LogP contribution >= 0.6 is 0 Å². The summed E-state index contributed by atoms with van der Waals surface area (Å²) in [5.41, 5.74) is 1.06. The first-order valence-electron chi connectivity index (χ1n) is 8.34. The van der Waals surface area contributed by atoms with Gasteiger partial charge in [0.25, 0.3) is 0 Å². The van der Waals surface area contributed by atoms with Crippen LogP contribution in [0.25, 0.3) is 0 Å². The van der Waals surface area contributed by atoms with Crippen LogP contribution in [0.2, 0.25) is 0 Å². The van der Waals surface area contributed by atoms with E-state index in [0.29, 0.717) is 13.2 Å². The first-order valence-corrected chi connectivity index (χ1v) is 8.34. The van der Waals surface area contributed by atoms with E-state index in [4.69, 9.17) is 9.47 Å². The normalized spacial score (nSPS) is 13.5. The van der Waals surface area contributed by atoms with E-state index in [1.807, 2.05) is 59.7 Å². The van der Waals surface area contributed by atoms with Gasteiger partial charge in [0.15, 0.2) is 11.5 Å². The summed E-state index contributed by atoms with van der Waals surface area (Å²) in [6.45, 7) is 12.9. The van der Waals surface area contributed by atoms with Crippen molar-refractivity contribution in [2.45, 2.75) is 59.7 Å². The van der Waals surface area contributed by atoms with Crippen molar-refractivity contribution in [3.8, 4) is 11.5 Å². The Hall–Kier alpha value is -1.75. The fraction of sp³-hybridized carbons (Fsp3) is 0.611. The summed E-state index contributed by atoms with van der Waals surface area (Å²) >= 11 is 0. The maximum absolute atomic E-state index is 12.0. The van der Waals surface area contributed by atoms with Crippen LogP contribution in [0, 0.1) is 0 Å². The summed E-state index contributed by atoms with van der Waals surface area (Å²) in [5.74, 6) is 1.48. The number of hydrogen-bond acceptors (Lipinski definition) is 4. The molecule has 0 saturated heterocycles. The van der Waals surface area contributed by atoms with E-state index in [9.17, 15) is 4.79 Å². The number of rotatable bonds is 9. The molecule has 0 spiro atoms. The second-order valence-electron chi connectivity index (χ2n) is 5.85. The predicted octanol–water partition coefficient (Wildman–Crippen LogP) is 3.05. The van der Waals surface area contributed by atoms with Crippen LogP contribution in [0.4, 0.5) is 0 Å². The van der Waals surface area contributed by atoms with Crippen LogP contribution in [0.15, 0.2) is 18.2 Å². The lowest BCUT2D eigenvalue weighted by atomic mass is 10.1. The largest absolute Gasteiger partial charge is 0.490 e. The lowest BCUT2D eigenvalue weighted by molar-refractivity contribution is -0.123. The topological polar surface area (TPSA) is 59.6 Å². The molecule has 1 aromatic rings. The zero-order chi connectivity index (χ0) is 17.4. The minimum absolute atomic E-state index is 0.00261. The van der Waals surface area contributed by atoms with Gasteiger partial charge in [0.1, 0.15) is 0 Å². The van der Waals surface area contributed by atoms with Crippen LogP contribution in [0.3, 0.4) is 0 Å². The molecule has 0 aliphatic carbocycles. The third-order valence-corrected chi connectivity index (χ3v) is 3.39. The number of amides is 1. The Balaban J connectivity index is 2.80. The summed E-state index contributed by atoms with van der Waals surface area (Å²) in [7, 11) is 0. The highest BCUT2D eigenvalue weighted by atomic mass is 16.5. The van der Waals surface area contributed by atoms with E-state index in [1.165, 1.54) is 0 Å². The molecule has 2 N–H and O–H groups in total. The highest BCUT2D eigenvalue weighted by Gasteiger charge is 2.18. The average molecular weight is 322 g/mol. The summed E-state index contributed by atoms with van der Waals surface area (Å²) in [6.07, 6.45) is 0. The lowest BCUT2D eigenvalue weighted by Crippen LogP contribution is -2.45. The highest BCUT2D eigenvalue weighted by Crippen LogP contribution is 2.30. The molecule has 5 nitrogen and oxygen atoms in total. The van der Waals surface area contributed by atoms with Gasteiger partial charge in [-0.05, 0) is 59.2 Å². The van der Waals surface area contributed by atoms with Crippen LogP contribution < -0.4 is 20.1 Å². The highest BCUT2D eigenvalue weighted by molar-refractivity contribution is 5.81. The van der Waals surface area contributed by atoms with Crippen LogP contribution in [-0.4, -0.2) is 31.2 Å². The molecule has 0 aliphatic rings. The number of nitrogens with one attached hydrogen (secondary N) is 2. The van der Waals surface area contributed by atoms with Crippen molar-refractivity contribution in [3.05, 3.63) is 23.8 Å². The Morgan fingerprint density at radius 2 is 1.65 bits per heavy atom. The Morgan fingerprint density at radius 3 is 2.22 bits per heavy atom. The van der Waals surface area contributed by atoms with Crippen LogP contribution in [0.5, 0.6) is 11.5 Å². The molecular formula is C18H30N2O3. The number of benzene rings is 1. The molecule has 5 heteroatoms. The fourth-order valence-electron chi connectivity index (χ4n) is 2.29. The molecule has 0 unspecified atom stereocenters. The van der Waals surface area contributed by atoms with Crippen molar-refractivity contribution in [1.29, 1.82) is 0 Å². The van der Waals surface area contributed by atoms with Gasteiger partial charge in [-0.3, -0.25) is 10.1 Å². The van der Waals surface area contributed by atoms with Gasteiger partial charge in [0.05, 0.1) is 19.3 Å². The maximum atomic E-state index is 12.0. The molecule has 1 aromatic carbocycles. The van der Waals surface area contributed by atoms with E-state index in [-0.39, 0.29) is 24.0 Å². The quantitative estimate of drug-likeness (QED) is 0.733. The molecule has 0 bridgehead atoms. The summed E-state index contributed by atoms with van der Waals surface area (Å²) < 4.78 is 11.2. The molecule has 0 aromatic heterocycles. The van der Waals surface area contributed by atoms with E-state index >= 15 is 0 Å². The van der Waals surface area contributed by atoms with Crippen LogP contribution in [0.1, 0.15) is 53.1 Å². The first-order chi connectivity index (χ1) is 10.9. The van der Waals surface area contributed by atoms with E-state index < -0.39 is 0 Å². The second kappa shape index (κ2) is 9.40. The minimum Gasteiger partial charge on any atom is -0.490 e. The van der Waals surface area contributed by atoms with Gasteiger partial charge in [0, 0.05) is 12.1 Å². The molecule has 23 heavy (non-hydrogen) atoms. The molecule has 0 aliphatic heterocycles. The van der Waals surface area contributed by atoms with Gasteiger partial charge in [0.2, 0.25) is 5.91 Å². The molecule has 1 rings (SSSR count). The number of carbonyl (C=O) groups excluding carboxylic acids is 1. The van der Waals surface area contributed by atoms with E-state index in [1.54, 1.807) is 0 Å². The average Bonchev–Trinajstić information content (AvgIpc) is 2.48. The molecule has 1 amide bonds. The van der Waals surface area contributed by atoms with Crippen molar-refractivity contribution < 1.29 is 14.3 Å². The molecule has 0 radical (unpaired) electrons. The maximum Gasteiger partial charge on any atom is 0.237 e. The Bertz CT molecular complexity index is 503. The van der Waals surface area contributed by atoms with Gasteiger partial charge in [-0.2, -0.15) is 0 Å². The number of carbonyl (C=O) groups is 1. The SMILES string of the molecule is CCOc1ccc([C@@H](C)N[C@H](C)C(=O)NC(C)C)cc1OCC. The van der Waals surface area contributed by atoms with E-state index in [2.05, 4.69) is 10.6 Å². The lowest BCUT2D eigenvalue weighted by Gasteiger charge is -2.22. The second-order valence-corrected chi connectivity index (χ2v) is 5.85. The molecular weight excluding hydrogens is 292 g/mol. The minimum atomic E-state index is -0.269. The molecule has 0 saturated carbocycles.